The summed E-state index contributed by atoms with van der Waals surface area (Å²) in [6, 6.07) is 4.83. The number of alkyl halides is 3. The maximum absolute atomic E-state index is 12.6. The number of guanidine groups is 1. The number of hydrogen-bond acceptors (Lipinski definition) is 3. The first kappa shape index (κ1) is 20.1. The predicted octanol–water partition coefficient (Wildman–Crippen LogP) is 2.68. The summed E-state index contributed by atoms with van der Waals surface area (Å²) in [7, 11) is 1.64. The number of hydrogen-bond donors (Lipinski definition) is 2. The van der Waals surface area contributed by atoms with Gasteiger partial charge in [-0.1, -0.05) is 6.07 Å². The normalized spacial score (nSPS) is 12.1. The minimum absolute atomic E-state index is 0.189. The van der Waals surface area contributed by atoms with Gasteiger partial charge < -0.3 is 20.1 Å². The maximum Gasteiger partial charge on any atom is 0.416 e. The van der Waals surface area contributed by atoms with Gasteiger partial charge in [-0.2, -0.15) is 13.2 Å². The van der Waals surface area contributed by atoms with Crippen molar-refractivity contribution in [3.63, 3.8) is 0 Å². The van der Waals surface area contributed by atoms with E-state index in [4.69, 9.17) is 9.47 Å². The van der Waals surface area contributed by atoms with Crippen LogP contribution in [0.4, 0.5) is 13.2 Å². The molecule has 1 aromatic carbocycles. The van der Waals surface area contributed by atoms with Crippen LogP contribution in [0.25, 0.3) is 0 Å². The van der Waals surface area contributed by atoms with Crippen molar-refractivity contribution in [2.75, 3.05) is 40.0 Å². The SMILES string of the molecule is CCNC(=NCCCOC)NCCOc1cccc(C(F)(F)F)c1. The lowest BCUT2D eigenvalue weighted by atomic mass is 10.2. The third kappa shape index (κ3) is 8.05. The van der Waals surface area contributed by atoms with Crippen molar-refractivity contribution in [2.24, 2.45) is 4.99 Å². The number of nitrogens with zero attached hydrogens (tertiary/aromatic N) is 1. The molecule has 0 aromatic heterocycles. The topological polar surface area (TPSA) is 54.9 Å². The Balaban J connectivity index is 2.40. The molecule has 0 atom stereocenters. The van der Waals surface area contributed by atoms with Gasteiger partial charge in [0.25, 0.3) is 0 Å². The molecule has 0 radical (unpaired) electrons. The molecule has 8 heteroatoms. The molecule has 136 valence electrons. The Bertz CT molecular complexity index is 508. The van der Waals surface area contributed by atoms with Crippen molar-refractivity contribution in [2.45, 2.75) is 19.5 Å². The summed E-state index contributed by atoms with van der Waals surface area (Å²) in [5.74, 6) is 0.829. The fraction of sp³-hybridized carbons (Fsp3) is 0.562. The molecule has 1 rings (SSSR count). The number of ether oxygens (including phenoxy) is 2. The van der Waals surface area contributed by atoms with E-state index in [9.17, 15) is 13.2 Å². The first-order chi connectivity index (χ1) is 11.5. The van der Waals surface area contributed by atoms with Gasteiger partial charge in [-0.15, -0.1) is 0 Å². The Kier molecular flexibility index (Phi) is 8.99. The zero-order valence-corrected chi connectivity index (χ0v) is 13.9. The van der Waals surface area contributed by atoms with Crippen molar-refractivity contribution in [1.29, 1.82) is 0 Å². The van der Waals surface area contributed by atoms with Crippen molar-refractivity contribution < 1.29 is 22.6 Å². The summed E-state index contributed by atoms with van der Waals surface area (Å²) >= 11 is 0. The summed E-state index contributed by atoms with van der Waals surface area (Å²) in [5.41, 5.74) is -0.721. The van der Waals surface area contributed by atoms with Gasteiger partial charge >= 0.3 is 6.18 Å². The van der Waals surface area contributed by atoms with E-state index in [1.165, 1.54) is 12.1 Å². The second-order valence-corrected chi connectivity index (χ2v) is 4.91. The molecule has 5 nitrogen and oxygen atoms in total. The van der Waals surface area contributed by atoms with Crippen LogP contribution in [0.15, 0.2) is 29.3 Å². The second-order valence-electron chi connectivity index (χ2n) is 4.91. The first-order valence-electron chi connectivity index (χ1n) is 7.78. The molecule has 0 saturated heterocycles. The van der Waals surface area contributed by atoms with Gasteiger partial charge in [0.2, 0.25) is 0 Å². The summed E-state index contributed by atoms with van der Waals surface area (Å²) in [6.45, 7) is 4.57. The van der Waals surface area contributed by atoms with E-state index in [0.29, 0.717) is 32.2 Å². The molecule has 0 bridgehead atoms. The standard InChI is InChI=1S/C16H24F3N3O2/c1-3-20-15(21-8-5-10-23-2)22-9-11-24-14-7-4-6-13(12-14)16(17,18)19/h4,6-7,12H,3,5,8-11H2,1-2H3,(H2,20,21,22). The summed E-state index contributed by atoms with van der Waals surface area (Å²) in [5, 5.41) is 6.14. The second kappa shape index (κ2) is 10.7. The Morgan fingerprint density at radius 2 is 2.00 bits per heavy atom. The van der Waals surface area contributed by atoms with Crippen LogP contribution in [-0.4, -0.2) is 45.9 Å². The Hall–Kier alpha value is -1.96. The molecule has 0 saturated carbocycles. The van der Waals surface area contributed by atoms with Crippen LogP contribution in [0.3, 0.4) is 0 Å². The highest BCUT2D eigenvalue weighted by Crippen LogP contribution is 2.31. The third-order valence-corrected chi connectivity index (χ3v) is 2.95. The van der Waals surface area contributed by atoms with Crippen molar-refractivity contribution in [3.8, 4) is 5.75 Å². The molecule has 0 amide bonds. The number of aliphatic imine (C=N–C) groups is 1. The average molecular weight is 347 g/mol. The van der Waals surface area contributed by atoms with Crippen LogP contribution in [-0.2, 0) is 10.9 Å². The predicted molar refractivity (Wildman–Crippen MR) is 87.4 cm³/mol. The highest BCUT2D eigenvalue weighted by atomic mass is 19.4. The molecular weight excluding hydrogens is 323 g/mol. The first-order valence-corrected chi connectivity index (χ1v) is 7.78. The van der Waals surface area contributed by atoms with Gasteiger partial charge in [0.05, 0.1) is 12.1 Å². The largest absolute Gasteiger partial charge is 0.492 e. The monoisotopic (exact) mass is 347 g/mol. The fourth-order valence-electron chi connectivity index (χ4n) is 1.84. The molecule has 1 aromatic rings. The molecule has 0 spiro atoms. The highest BCUT2D eigenvalue weighted by molar-refractivity contribution is 5.79. The summed E-state index contributed by atoms with van der Waals surface area (Å²) in [6.07, 6.45) is -3.56. The van der Waals surface area contributed by atoms with E-state index in [0.717, 1.165) is 18.6 Å². The number of nitrogens with one attached hydrogen (secondary N) is 2. The van der Waals surface area contributed by atoms with E-state index >= 15 is 0 Å². The number of methoxy groups -OCH3 is 1. The van der Waals surface area contributed by atoms with Gasteiger partial charge in [0, 0.05) is 26.8 Å². The van der Waals surface area contributed by atoms with Crippen LogP contribution in [0, 0.1) is 0 Å². The van der Waals surface area contributed by atoms with Crippen LogP contribution < -0.4 is 15.4 Å². The lowest BCUT2D eigenvalue weighted by Crippen LogP contribution is -2.39. The summed E-state index contributed by atoms with van der Waals surface area (Å²) < 4.78 is 48.2. The third-order valence-electron chi connectivity index (χ3n) is 2.95. The van der Waals surface area contributed by atoms with E-state index in [-0.39, 0.29) is 12.4 Å². The Morgan fingerprint density at radius 3 is 2.67 bits per heavy atom. The van der Waals surface area contributed by atoms with Gasteiger partial charge in [-0.3, -0.25) is 4.99 Å². The maximum atomic E-state index is 12.6. The van der Waals surface area contributed by atoms with Crippen molar-refractivity contribution in [3.05, 3.63) is 29.8 Å². The van der Waals surface area contributed by atoms with E-state index < -0.39 is 11.7 Å². The quantitative estimate of drug-likeness (QED) is 0.410. The minimum atomic E-state index is -4.37. The molecule has 0 aliphatic heterocycles. The molecule has 24 heavy (non-hydrogen) atoms. The molecule has 0 unspecified atom stereocenters. The smallest absolute Gasteiger partial charge is 0.416 e. The van der Waals surface area contributed by atoms with Crippen LogP contribution in [0.2, 0.25) is 0 Å². The van der Waals surface area contributed by atoms with Crippen LogP contribution >= 0.6 is 0 Å². The van der Waals surface area contributed by atoms with Crippen molar-refractivity contribution in [1.82, 2.24) is 10.6 Å². The summed E-state index contributed by atoms with van der Waals surface area (Å²) in [4.78, 5) is 4.35. The fourth-order valence-corrected chi connectivity index (χ4v) is 1.84. The number of benzene rings is 1. The van der Waals surface area contributed by atoms with Gasteiger partial charge in [-0.05, 0) is 31.5 Å². The minimum Gasteiger partial charge on any atom is -0.492 e. The van der Waals surface area contributed by atoms with E-state index in [1.54, 1.807) is 7.11 Å². The highest BCUT2D eigenvalue weighted by Gasteiger charge is 2.30. The number of halogens is 3. The Labute approximate surface area is 140 Å². The molecule has 0 aliphatic rings. The molecule has 0 aliphatic carbocycles. The zero-order valence-electron chi connectivity index (χ0n) is 13.9. The molecule has 0 heterocycles. The van der Waals surface area contributed by atoms with Crippen LogP contribution in [0.1, 0.15) is 18.9 Å². The number of rotatable bonds is 9. The lowest BCUT2D eigenvalue weighted by molar-refractivity contribution is -0.137. The lowest BCUT2D eigenvalue weighted by Gasteiger charge is -2.13. The van der Waals surface area contributed by atoms with Crippen LogP contribution in [0.5, 0.6) is 5.75 Å². The van der Waals surface area contributed by atoms with Crippen molar-refractivity contribution >= 4 is 5.96 Å². The molecule has 0 fully saturated rings. The van der Waals surface area contributed by atoms with E-state index in [1.807, 2.05) is 6.92 Å². The van der Waals surface area contributed by atoms with E-state index in [2.05, 4.69) is 15.6 Å². The molecular formula is C16H24F3N3O2. The van der Waals surface area contributed by atoms with Gasteiger partial charge in [0.1, 0.15) is 12.4 Å². The zero-order chi connectivity index (χ0) is 17.8. The van der Waals surface area contributed by atoms with Gasteiger partial charge in [-0.25, -0.2) is 0 Å². The Morgan fingerprint density at radius 1 is 1.21 bits per heavy atom. The van der Waals surface area contributed by atoms with Gasteiger partial charge in [0.15, 0.2) is 5.96 Å². The molecule has 2 N–H and O–H groups in total. The average Bonchev–Trinajstić information content (AvgIpc) is 2.55.